The summed E-state index contributed by atoms with van der Waals surface area (Å²) < 4.78 is 6.65. The third-order valence-corrected chi connectivity index (χ3v) is 3.45. The highest BCUT2D eigenvalue weighted by atomic mass is 79.9. The topological polar surface area (TPSA) is 55.5 Å². The molecule has 0 unspecified atom stereocenters. The molecule has 0 fully saturated rings. The van der Waals surface area contributed by atoms with Crippen LogP contribution in [0.3, 0.4) is 0 Å². The lowest BCUT2D eigenvalue weighted by atomic mass is 10.1. The van der Waals surface area contributed by atoms with E-state index in [1.54, 1.807) is 0 Å². The highest BCUT2D eigenvalue weighted by Crippen LogP contribution is 2.26. The summed E-state index contributed by atoms with van der Waals surface area (Å²) in [7, 11) is 0. The van der Waals surface area contributed by atoms with Crippen molar-refractivity contribution in [3.63, 3.8) is 0 Å². The van der Waals surface area contributed by atoms with Crippen LogP contribution in [0, 0.1) is 0 Å². The number of aliphatic hydroxyl groups excluding tert-OH is 1. The molecule has 19 heavy (non-hydrogen) atoms. The predicted octanol–water partition coefficient (Wildman–Crippen LogP) is 2.98. The predicted molar refractivity (Wildman–Crippen MR) is 78.7 cm³/mol. The molecule has 0 aliphatic carbocycles. The Morgan fingerprint density at radius 3 is 2.21 bits per heavy atom. The SMILES string of the molecule is NCc1ccc(OCc2ccc(CO)cc2)c(Br)c1. The highest BCUT2D eigenvalue weighted by molar-refractivity contribution is 9.10. The number of hydrogen-bond acceptors (Lipinski definition) is 3. The first kappa shape index (κ1) is 14.1. The second-order valence-corrected chi connectivity index (χ2v) is 5.09. The average Bonchev–Trinajstić information content (AvgIpc) is 2.46. The Balaban J connectivity index is 2.01. The van der Waals surface area contributed by atoms with Crippen molar-refractivity contribution in [1.82, 2.24) is 0 Å². The summed E-state index contributed by atoms with van der Waals surface area (Å²) >= 11 is 3.47. The molecule has 0 amide bonds. The van der Waals surface area contributed by atoms with Crippen LogP contribution in [0.25, 0.3) is 0 Å². The third kappa shape index (κ3) is 3.80. The van der Waals surface area contributed by atoms with Crippen LogP contribution in [0.1, 0.15) is 16.7 Å². The van der Waals surface area contributed by atoms with Gasteiger partial charge in [0.05, 0.1) is 11.1 Å². The molecule has 0 atom stereocenters. The van der Waals surface area contributed by atoms with Crippen LogP contribution in [0.5, 0.6) is 5.75 Å². The Kier molecular flexibility index (Phi) is 4.96. The van der Waals surface area contributed by atoms with Gasteiger partial charge in [0.15, 0.2) is 0 Å². The molecule has 3 N–H and O–H groups in total. The molecule has 2 rings (SSSR count). The minimum absolute atomic E-state index is 0.0627. The van der Waals surface area contributed by atoms with Crippen molar-refractivity contribution in [2.45, 2.75) is 19.8 Å². The molecule has 0 aliphatic heterocycles. The van der Waals surface area contributed by atoms with Gasteiger partial charge in [0.2, 0.25) is 0 Å². The Morgan fingerprint density at radius 2 is 1.63 bits per heavy atom. The van der Waals surface area contributed by atoms with E-state index in [4.69, 9.17) is 15.6 Å². The molecule has 0 spiro atoms. The van der Waals surface area contributed by atoms with Gasteiger partial charge in [-0.3, -0.25) is 0 Å². The summed E-state index contributed by atoms with van der Waals surface area (Å²) in [4.78, 5) is 0. The first-order valence-electron chi connectivity index (χ1n) is 6.03. The number of halogens is 1. The van der Waals surface area contributed by atoms with Crippen LogP contribution in [0.4, 0.5) is 0 Å². The smallest absolute Gasteiger partial charge is 0.134 e. The molecule has 2 aromatic rings. The maximum Gasteiger partial charge on any atom is 0.134 e. The van der Waals surface area contributed by atoms with Gasteiger partial charge in [-0.15, -0.1) is 0 Å². The van der Waals surface area contributed by atoms with Crippen LogP contribution in [0.15, 0.2) is 46.9 Å². The van der Waals surface area contributed by atoms with Crippen molar-refractivity contribution in [3.05, 3.63) is 63.6 Å². The van der Waals surface area contributed by atoms with E-state index in [-0.39, 0.29) is 6.61 Å². The summed E-state index contributed by atoms with van der Waals surface area (Å²) in [6.07, 6.45) is 0. The van der Waals surface area contributed by atoms with Crippen LogP contribution < -0.4 is 10.5 Å². The minimum atomic E-state index is 0.0627. The second kappa shape index (κ2) is 6.70. The molecule has 0 bridgehead atoms. The van der Waals surface area contributed by atoms with E-state index >= 15 is 0 Å². The summed E-state index contributed by atoms with van der Waals surface area (Å²) in [6.45, 7) is 1.07. The van der Waals surface area contributed by atoms with E-state index in [0.29, 0.717) is 13.2 Å². The van der Waals surface area contributed by atoms with E-state index in [1.807, 2.05) is 42.5 Å². The standard InChI is InChI=1S/C15H16BrNO2/c16-14-7-13(8-17)5-6-15(14)19-10-12-3-1-11(9-18)2-4-12/h1-7,18H,8-10,17H2. The largest absolute Gasteiger partial charge is 0.488 e. The molecule has 0 aromatic heterocycles. The van der Waals surface area contributed by atoms with E-state index in [9.17, 15) is 0 Å². The zero-order valence-electron chi connectivity index (χ0n) is 10.5. The molecule has 3 nitrogen and oxygen atoms in total. The van der Waals surface area contributed by atoms with E-state index in [0.717, 1.165) is 26.9 Å². The molecule has 4 heteroatoms. The zero-order valence-corrected chi connectivity index (χ0v) is 12.1. The van der Waals surface area contributed by atoms with Gasteiger partial charge in [-0.05, 0) is 44.8 Å². The van der Waals surface area contributed by atoms with Crippen molar-refractivity contribution >= 4 is 15.9 Å². The molecule has 0 saturated carbocycles. The van der Waals surface area contributed by atoms with Crippen molar-refractivity contribution < 1.29 is 9.84 Å². The number of rotatable bonds is 5. The van der Waals surface area contributed by atoms with Crippen molar-refractivity contribution in [3.8, 4) is 5.75 Å². The summed E-state index contributed by atoms with van der Waals surface area (Å²) in [5.41, 5.74) is 8.60. The van der Waals surface area contributed by atoms with Gasteiger partial charge < -0.3 is 15.6 Å². The average molecular weight is 322 g/mol. The molecule has 2 aromatic carbocycles. The van der Waals surface area contributed by atoms with Gasteiger partial charge >= 0.3 is 0 Å². The molecule has 0 aliphatic rings. The van der Waals surface area contributed by atoms with Gasteiger partial charge in [0.1, 0.15) is 12.4 Å². The first-order chi connectivity index (χ1) is 9.22. The Bertz CT molecular complexity index is 540. The van der Waals surface area contributed by atoms with E-state index in [2.05, 4.69) is 15.9 Å². The van der Waals surface area contributed by atoms with Crippen LogP contribution in [-0.4, -0.2) is 5.11 Å². The lowest BCUT2D eigenvalue weighted by Gasteiger charge is -2.09. The fourth-order valence-electron chi connectivity index (χ4n) is 1.69. The molecule has 0 heterocycles. The number of aliphatic hydroxyl groups is 1. The van der Waals surface area contributed by atoms with Crippen molar-refractivity contribution in [2.75, 3.05) is 0 Å². The monoisotopic (exact) mass is 321 g/mol. The fourth-order valence-corrected chi connectivity index (χ4v) is 2.23. The molecular weight excluding hydrogens is 306 g/mol. The zero-order chi connectivity index (χ0) is 13.7. The second-order valence-electron chi connectivity index (χ2n) is 4.23. The lowest BCUT2D eigenvalue weighted by Crippen LogP contribution is -1.99. The third-order valence-electron chi connectivity index (χ3n) is 2.83. The van der Waals surface area contributed by atoms with Gasteiger partial charge in [-0.25, -0.2) is 0 Å². The number of benzene rings is 2. The fraction of sp³-hybridized carbons (Fsp3) is 0.200. The highest BCUT2D eigenvalue weighted by Gasteiger charge is 2.03. The molecule has 0 saturated heterocycles. The van der Waals surface area contributed by atoms with Gasteiger partial charge in [0, 0.05) is 6.54 Å². The Morgan fingerprint density at radius 1 is 1.00 bits per heavy atom. The van der Waals surface area contributed by atoms with Crippen LogP contribution in [-0.2, 0) is 19.8 Å². The van der Waals surface area contributed by atoms with Gasteiger partial charge in [-0.2, -0.15) is 0 Å². The Labute approximate surface area is 121 Å². The maximum absolute atomic E-state index is 8.97. The quantitative estimate of drug-likeness (QED) is 0.890. The van der Waals surface area contributed by atoms with E-state index < -0.39 is 0 Å². The van der Waals surface area contributed by atoms with E-state index in [1.165, 1.54) is 0 Å². The molecular formula is C15H16BrNO2. The number of hydrogen-bond donors (Lipinski definition) is 2. The van der Waals surface area contributed by atoms with Crippen LogP contribution >= 0.6 is 15.9 Å². The summed E-state index contributed by atoms with van der Waals surface area (Å²) in [6, 6.07) is 13.5. The molecule has 0 radical (unpaired) electrons. The number of nitrogens with two attached hydrogens (primary N) is 1. The summed E-state index contributed by atoms with van der Waals surface area (Å²) in [5, 5.41) is 8.97. The normalized spacial score (nSPS) is 10.5. The number of ether oxygens (including phenoxy) is 1. The summed E-state index contributed by atoms with van der Waals surface area (Å²) in [5.74, 6) is 0.795. The van der Waals surface area contributed by atoms with Crippen LogP contribution in [0.2, 0.25) is 0 Å². The first-order valence-corrected chi connectivity index (χ1v) is 6.82. The van der Waals surface area contributed by atoms with Gasteiger partial charge in [0.25, 0.3) is 0 Å². The lowest BCUT2D eigenvalue weighted by molar-refractivity contribution is 0.281. The minimum Gasteiger partial charge on any atom is -0.488 e. The Hall–Kier alpha value is -1.36. The van der Waals surface area contributed by atoms with Crippen molar-refractivity contribution in [1.29, 1.82) is 0 Å². The molecule has 100 valence electrons. The maximum atomic E-state index is 8.97. The van der Waals surface area contributed by atoms with Gasteiger partial charge in [-0.1, -0.05) is 30.3 Å². The van der Waals surface area contributed by atoms with Crippen molar-refractivity contribution in [2.24, 2.45) is 5.73 Å².